The van der Waals surface area contributed by atoms with Crippen molar-refractivity contribution >= 4 is 12.4 Å². The van der Waals surface area contributed by atoms with Gasteiger partial charge in [0.1, 0.15) is 0 Å². The van der Waals surface area contributed by atoms with Crippen LogP contribution in [-0.2, 0) is 16.1 Å². The monoisotopic (exact) mass is 222 g/mol. The number of aromatic nitrogens is 2. The molecular formula is C10H14N4O2. The van der Waals surface area contributed by atoms with E-state index in [0.29, 0.717) is 32.1 Å². The second-order valence-electron chi connectivity index (χ2n) is 3.45. The van der Waals surface area contributed by atoms with Crippen molar-refractivity contribution < 1.29 is 9.53 Å². The first-order valence-corrected chi connectivity index (χ1v) is 5.22. The summed E-state index contributed by atoms with van der Waals surface area (Å²) in [5.41, 5.74) is 0.809. The van der Waals surface area contributed by atoms with Crippen LogP contribution in [0.4, 0.5) is 5.95 Å². The van der Waals surface area contributed by atoms with Gasteiger partial charge < -0.3 is 15.0 Å². The summed E-state index contributed by atoms with van der Waals surface area (Å²) < 4.78 is 5.26. The number of anilines is 1. The molecule has 2 rings (SSSR count). The number of amides is 1. The summed E-state index contributed by atoms with van der Waals surface area (Å²) >= 11 is 0. The van der Waals surface area contributed by atoms with Crippen molar-refractivity contribution in [3.8, 4) is 0 Å². The minimum absolute atomic E-state index is 0.434. The summed E-state index contributed by atoms with van der Waals surface area (Å²) in [6, 6.07) is 1.79. The molecule has 0 saturated carbocycles. The second-order valence-corrected chi connectivity index (χ2v) is 3.45. The predicted octanol–water partition coefficient (Wildman–Crippen LogP) is -0.441. The Morgan fingerprint density at radius 1 is 1.50 bits per heavy atom. The minimum atomic E-state index is 0.434. The molecule has 86 valence electrons. The zero-order chi connectivity index (χ0) is 11.2. The Labute approximate surface area is 93.6 Å². The quantitative estimate of drug-likeness (QED) is 0.699. The van der Waals surface area contributed by atoms with Crippen LogP contribution in [0.2, 0.25) is 0 Å². The van der Waals surface area contributed by atoms with Gasteiger partial charge >= 0.3 is 0 Å². The van der Waals surface area contributed by atoms with Crippen LogP contribution < -0.4 is 10.2 Å². The zero-order valence-corrected chi connectivity index (χ0v) is 8.93. The van der Waals surface area contributed by atoms with Gasteiger partial charge in [-0.15, -0.1) is 0 Å². The highest BCUT2D eigenvalue weighted by Gasteiger charge is 2.13. The maximum absolute atomic E-state index is 10.2. The SMILES string of the molecule is O=CNCc1ccnc(N2CCOCC2)n1. The maximum Gasteiger partial charge on any atom is 0.225 e. The van der Waals surface area contributed by atoms with Gasteiger partial charge in [0.15, 0.2) is 0 Å². The minimum Gasteiger partial charge on any atom is -0.378 e. The summed E-state index contributed by atoms with van der Waals surface area (Å²) in [4.78, 5) is 20.8. The summed E-state index contributed by atoms with van der Waals surface area (Å²) in [5, 5.41) is 2.58. The summed E-state index contributed by atoms with van der Waals surface area (Å²) in [6.07, 6.45) is 2.37. The van der Waals surface area contributed by atoms with Gasteiger partial charge in [0.25, 0.3) is 0 Å². The first kappa shape index (κ1) is 10.8. The lowest BCUT2D eigenvalue weighted by atomic mass is 10.4. The Balaban J connectivity index is 2.05. The molecular weight excluding hydrogens is 208 g/mol. The number of nitrogens with zero attached hydrogens (tertiary/aromatic N) is 3. The number of carbonyl (C=O) groups excluding carboxylic acids is 1. The van der Waals surface area contributed by atoms with E-state index >= 15 is 0 Å². The molecule has 0 radical (unpaired) electrons. The highest BCUT2D eigenvalue weighted by atomic mass is 16.5. The number of nitrogens with one attached hydrogen (secondary N) is 1. The van der Waals surface area contributed by atoms with Gasteiger partial charge in [0.05, 0.1) is 25.5 Å². The maximum atomic E-state index is 10.2. The highest BCUT2D eigenvalue weighted by molar-refractivity contribution is 5.46. The van der Waals surface area contributed by atoms with Crippen molar-refractivity contribution in [3.63, 3.8) is 0 Å². The largest absolute Gasteiger partial charge is 0.378 e. The van der Waals surface area contributed by atoms with E-state index in [2.05, 4.69) is 20.2 Å². The molecule has 0 bridgehead atoms. The topological polar surface area (TPSA) is 67.4 Å². The molecule has 16 heavy (non-hydrogen) atoms. The molecule has 2 heterocycles. The molecule has 0 aliphatic carbocycles. The van der Waals surface area contributed by atoms with Crippen molar-refractivity contribution in [3.05, 3.63) is 18.0 Å². The molecule has 1 aromatic rings. The van der Waals surface area contributed by atoms with E-state index in [9.17, 15) is 4.79 Å². The predicted molar refractivity (Wildman–Crippen MR) is 58.0 cm³/mol. The third-order valence-electron chi connectivity index (χ3n) is 2.36. The van der Waals surface area contributed by atoms with Crippen molar-refractivity contribution in [2.75, 3.05) is 31.2 Å². The number of hydrogen-bond acceptors (Lipinski definition) is 5. The molecule has 1 amide bonds. The number of hydrogen-bond donors (Lipinski definition) is 1. The normalized spacial score (nSPS) is 15.9. The Morgan fingerprint density at radius 2 is 2.31 bits per heavy atom. The Hall–Kier alpha value is -1.69. The Bertz CT molecular complexity index is 352. The lowest BCUT2D eigenvalue weighted by Crippen LogP contribution is -2.37. The third kappa shape index (κ3) is 2.66. The van der Waals surface area contributed by atoms with Crippen LogP contribution in [0.5, 0.6) is 0 Å². The van der Waals surface area contributed by atoms with Gasteiger partial charge in [-0.1, -0.05) is 0 Å². The molecule has 1 fully saturated rings. The van der Waals surface area contributed by atoms with E-state index in [1.807, 2.05) is 0 Å². The fourth-order valence-corrected chi connectivity index (χ4v) is 1.54. The molecule has 0 unspecified atom stereocenters. The van der Waals surface area contributed by atoms with Crippen LogP contribution in [0.3, 0.4) is 0 Å². The molecule has 0 spiro atoms. The average Bonchev–Trinajstić information content (AvgIpc) is 2.38. The zero-order valence-electron chi connectivity index (χ0n) is 8.93. The number of carbonyl (C=O) groups is 1. The van der Waals surface area contributed by atoms with Gasteiger partial charge in [0, 0.05) is 19.3 Å². The molecule has 1 aliphatic rings. The van der Waals surface area contributed by atoms with Gasteiger partial charge in [-0.25, -0.2) is 9.97 Å². The number of ether oxygens (including phenoxy) is 1. The van der Waals surface area contributed by atoms with E-state index in [-0.39, 0.29) is 0 Å². The molecule has 0 atom stereocenters. The van der Waals surface area contributed by atoms with Crippen LogP contribution in [-0.4, -0.2) is 42.7 Å². The van der Waals surface area contributed by atoms with E-state index in [1.165, 1.54) is 0 Å². The lowest BCUT2D eigenvalue weighted by molar-refractivity contribution is -0.109. The van der Waals surface area contributed by atoms with E-state index < -0.39 is 0 Å². The number of morpholine rings is 1. The lowest BCUT2D eigenvalue weighted by Gasteiger charge is -2.26. The Morgan fingerprint density at radius 3 is 3.06 bits per heavy atom. The fourth-order valence-electron chi connectivity index (χ4n) is 1.54. The third-order valence-corrected chi connectivity index (χ3v) is 2.36. The van der Waals surface area contributed by atoms with Crippen LogP contribution in [0.25, 0.3) is 0 Å². The van der Waals surface area contributed by atoms with E-state index in [4.69, 9.17) is 4.74 Å². The molecule has 1 aliphatic heterocycles. The first-order valence-electron chi connectivity index (χ1n) is 5.22. The van der Waals surface area contributed by atoms with E-state index in [1.54, 1.807) is 12.3 Å². The van der Waals surface area contributed by atoms with Gasteiger partial charge in [-0.05, 0) is 6.07 Å². The van der Waals surface area contributed by atoms with Gasteiger partial charge in [-0.3, -0.25) is 4.79 Å². The molecule has 1 N–H and O–H groups in total. The average molecular weight is 222 g/mol. The van der Waals surface area contributed by atoms with Gasteiger partial charge in [-0.2, -0.15) is 0 Å². The Kier molecular flexibility index (Phi) is 3.66. The standard InChI is InChI=1S/C10H14N4O2/c15-8-11-7-9-1-2-12-10(13-9)14-3-5-16-6-4-14/h1-2,8H,3-7H2,(H,11,15). The van der Waals surface area contributed by atoms with Crippen molar-refractivity contribution in [2.45, 2.75) is 6.54 Å². The van der Waals surface area contributed by atoms with Crippen molar-refractivity contribution in [1.82, 2.24) is 15.3 Å². The van der Waals surface area contributed by atoms with Crippen LogP contribution in [0.1, 0.15) is 5.69 Å². The van der Waals surface area contributed by atoms with Crippen molar-refractivity contribution in [1.29, 1.82) is 0 Å². The summed E-state index contributed by atoms with van der Waals surface area (Å²) in [7, 11) is 0. The van der Waals surface area contributed by atoms with Crippen LogP contribution >= 0.6 is 0 Å². The van der Waals surface area contributed by atoms with Gasteiger partial charge in [0.2, 0.25) is 12.4 Å². The van der Waals surface area contributed by atoms with Crippen LogP contribution in [0, 0.1) is 0 Å². The second kappa shape index (κ2) is 5.41. The highest BCUT2D eigenvalue weighted by Crippen LogP contribution is 2.09. The molecule has 1 aromatic heterocycles. The fraction of sp³-hybridized carbons (Fsp3) is 0.500. The summed E-state index contributed by atoms with van der Waals surface area (Å²) in [5.74, 6) is 0.702. The van der Waals surface area contributed by atoms with E-state index in [0.717, 1.165) is 18.8 Å². The van der Waals surface area contributed by atoms with Crippen LogP contribution in [0.15, 0.2) is 12.3 Å². The van der Waals surface area contributed by atoms with Crippen molar-refractivity contribution in [2.24, 2.45) is 0 Å². The molecule has 6 heteroatoms. The smallest absolute Gasteiger partial charge is 0.225 e. The molecule has 1 saturated heterocycles. The number of rotatable bonds is 4. The summed E-state index contributed by atoms with van der Waals surface area (Å²) in [6.45, 7) is 3.47. The molecule has 6 nitrogen and oxygen atoms in total. The molecule has 0 aromatic carbocycles. The first-order chi connectivity index (χ1) is 7.90.